The summed E-state index contributed by atoms with van der Waals surface area (Å²) in [5.41, 5.74) is 1.29. The second-order valence-electron chi connectivity index (χ2n) is 9.26. The molecule has 4 rings (SSSR count). The molecule has 206 valence electrons. The number of fused-ring (bicyclic) bond motifs is 1. The SMILES string of the molecule is COCCNc1c(C#N)cnc(NC(=O)N2CCCc3cc(CN(C)C(=O)C4CCCO4)c(C=O)nc32)c1F. The third kappa shape index (κ3) is 6.13. The van der Waals surface area contributed by atoms with E-state index >= 15 is 4.39 Å². The van der Waals surface area contributed by atoms with E-state index in [4.69, 9.17) is 9.47 Å². The van der Waals surface area contributed by atoms with E-state index in [1.807, 2.05) is 6.07 Å². The highest BCUT2D eigenvalue weighted by Gasteiger charge is 2.30. The van der Waals surface area contributed by atoms with Gasteiger partial charge in [-0.05, 0) is 37.3 Å². The smallest absolute Gasteiger partial charge is 0.328 e. The minimum absolute atomic E-state index is 0.0160. The molecule has 2 N–H and O–H groups in total. The number of carbonyl (C=O) groups is 3. The fraction of sp³-hybridized carbons (Fsp3) is 0.462. The van der Waals surface area contributed by atoms with Crippen molar-refractivity contribution in [2.24, 2.45) is 0 Å². The molecule has 2 aromatic heterocycles. The van der Waals surface area contributed by atoms with Crippen LogP contribution in [0.3, 0.4) is 0 Å². The predicted octanol–water partition coefficient (Wildman–Crippen LogP) is 2.48. The molecule has 12 nitrogen and oxygen atoms in total. The number of likely N-dealkylation sites (N-methyl/N-ethyl adjacent to an activating group) is 1. The van der Waals surface area contributed by atoms with Gasteiger partial charge in [0, 0.05) is 52.2 Å². The first-order valence-electron chi connectivity index (χ1n) is 12.6. The highest BCUT2D eigenvalue weighted by Crippen LogP contribution is 2.30. The lowest BCUT2D eigenvalue weighted by Crippen LogP contribution is -2.40. The first kappa shape index (κ1) is 27.9. The number of nitriles is 1. The maximum atomic E-state index is 15.2. The lowest BCUT2D eigenvalue weighted by molar-refractivity contribution is -0.140. The summed E-state index contributed by atoms with van der Waals surface area (Å²) in [4.78, 5) is 49.0. The molecule has 13 heteroatoms. The van der Waals surface area contributed by atoms with Gasteiger partial charge in [-0.3, -0.25) is 19.8 Å². The molecular weight excluding hydrogens is 509 g/mol. The Morgan fingerprint density at radius 2 is 2.23 bits per heavy atom. The molecule has 0 aromatic carbocycles. The molecule has 3 amide bonds. The molecule has 2 aliphatic heterocycles. The second-order valence-corrected chi connectivity index (χ2v) is 9.26. The monoisotopic (exact) mass is 539 g/mol. The average molecular weight is 540 g/mol. The number of hydrogen-bond donors (Lipinski definition) is 2. The van der Waals surface area contributed by atoms with Crippen LogP contribution in [-0.4, -0.2) is 79.7 Å². The molecule has 0 spiro atoms. The summed E-state index contributed by atoms with van der Waals surface area (Å²) in [5.74, 6) is -1.11. The van der Waals surface area contributed by atoms with E-state index in [9.17, 15) is 19.6 Å². The zero-order valence-electron chi connectivity index (χ0n) is 21.8. The van der Waals surface area contributed by atoms with Gasteiger partial charge in [0.1, 0.15) is 23.7 Å². The van der Waals surface area contributed by atoms with Crippen LogP contribution in [-0.2, 0) is 27.2 Å². The second kappa shape index (κ2) is 12.6. The van der Waals surface area contributed by atoms with Gasteiger partial charge in [-0.1, -0.05) is 0 Å². The van der Waals surface area contributed by atoms with Crippen molar-refractivity contribution >= 4 is 35.5 Å². The van der Waals surface area contributed by atoms with Gasteiger partial charge >= 0.3 is 6.03 Å². The first-order valence-corrected chi connectivity index (χ1v) is 12.6. The molecule has 0 bridgehead atoms. The topological polar surface area (TPSA) is 150 Å². The molecular formula is C26H30FN7O5. The van der Waals surface area contributed by atoms with Crippen LogP contribution < -0.4 is 15.5 Å². The van der Waals surface area contributed by atoms with E-state index in [0.717, 1.165) is 12.0 Å². The molecule has 1 atom stereocenters. The largest absolute Gasteiger partial charge is 0.383 e. The van der Waals surface area contributed by atoms with Gasteiger partial charge in [0.15, 0.2) is 17.9 Å². The van der Waals surface area contributed by atoms with Gasteiger partial charge in [-0.15, -0.1) is 0 Å². The van der Waals surface area contributed by atoms with Crippen LogP contribution in [0.15, 0.2) is 12.3 Å². The molecule has 4 heterocycles. The van der Waals surface area contributed by atoms with Gasteiger partial charge < -0.3 is 19.7 Å². The van der Waals surface area contributed by atoms with Crippen molar-refractivity contribution in [1.82, 2.24) is 14.9 Å². The van der Waals surface area contributed by atoms with E-state index < -0.39 is 18.0 Å². The highest BCUT2D eigenvalue weighted by molar-refractivity contribution is 6.02. The van der Waals surface area contributed by atoms with E-state index in [1.165, 1.54) is 23.1 Å². The Morgan fingerprint density at radius 1 is 1.41 bits per heavy atom. The number of halogens is 1. The van der Waals surface area contributed by atoms with Crippen molar-refractivity contribution in [2.75, 3.05) is 56.0 Å². The van der Waals surface area contributed by atoms with Crippen molar-refractivity contribution in [1.29, 1.82) is 5.26 Å². The Hall–Kier alpha value is -4.15. The maximum Gasteiger partial charge on any atom is 0.328 e. The van der Waals surface area contributed by atoms with E-state index in [-0.39, 0.29) is 60.7 Å². The molecule has 1 unspecified atom stereocenters. The van der Waals surface area contributed by atoms with Crippen LogP contribution in [0.4, 0.5) is 26.5 Å². The van der Waals surface area contributed by atoms with Crippen molar-refractivity contribution in [3.63, 3.8) is 0 Å². The Kier molecular flexibility index (Phi) is 9.00. The Morgan fingerprint density at radius 3 is 2.92 bits per heavy atom. The number of urea groups is 1. The summed E-state index contributed by atoms with van der Waals surface area (Å²) < 4.78 is 25.6. The van der Waals surface area contributed by atoms with Crippen molar-refractivity contribution in [3.05, 3.63) is 40.5 Å². The molecule has 1 fully saturated rings. The van der Waals surface area contributed by atoms with Crippen LogP contribution in [0.1, 0.15) is 46.4 Å². The number of aryl methyl sites for hydroxylation is 1. The molecule has 0 radical (unpaired) electrons. The predicted molar refractivity (Wildman–Crippen MR) is 139 cm³/mol. The highest BCUT2D eigenvalue weighted by atomic mass is 19.1. The number of ether oxygens (including phenoxy) is 2. The van der Waals surface area contributed by atoms with Crippen molar-refractivity contribution < 1.29 is 28.2 Å². The van der Waals surface area contributed by atoms with E-state index in [2.05, 4.69) is 20.6 Å². The Bertz CT molecular complexity index is 1290. The zero-order valence-corrected chi connectivity index (χ0v) is 21.8. The van der Waals surface area contributed by atoms with Gasteiger partial charge in [-0.2, -0.15) is 5.26 Å². The summed E-state index contributed by atoms with van der Waals surface area (Å²) >= 11 is 0. The first-order chi connectivity index (χ1) is 18.9. The van der Waals surface area contributed by atoms with Gasteiger partial charge in [0.2, 0.25) is 0 Å². The molecule has 2 aromatic rings. The standard InChI is InChI=1S/C26H30FN7O5/c1-33(25(36)20-6-4-9-39-20)14-17-11-16-5-3-8-34(24(16)31-19(17)15-35)26(37)32-23-21(27)22(29-7-10-38-2)18(12-28)13-30-23/h11,13,15,20H,3-10,14H2,1-2H3,(H2,29,30,32,37). The summed E-state index contributed by atoms with van der Waals surface area (Å²) in [6.07, 6.45) is 3.99. The number of rotatable bonds is 9. The number of aldehydes is 1. The maximum absolute atomic E-state index is 15.2. The van der Waals surface area contributed by atoms with Crippen LogP contribution in [0, 0.1) is 17.1 Å². The summed E-state index contributed by atoms with van der Waals surface area (Å²) in [7, 11) is 3.14. The fourth-order valence-corrected chi connectivity index (χ4v) is 4.61. The van der Waals surface area contributed by atoms with Crippen LogP contribution in [0.2, 0.25) is 0 Å². The third-order valence-corrected chi connectivity index (χ3v) is 6.59. The van der Waals surface area contributed by atoms with Gasteiger partial charge in [-0.25, -0.2) is 19.2 Å². The van der Waals surface area contributed by atoms with Crippen LogP contribution >= 0.6 is 0 Å². The zero-order chi connectivity index (χ0) is 27.9. The number of carbonyl (C=O) groups excluding carboxylic acids is 3. The summed E-state index contributed by atoms with van der Waals surface area (Å²) in [5, 5.41) is 14.6. The number of aromatic nitrogens is 2. The van der Waals surface area contributed by atoms with Crippen molar-refractivity contribution in [2.45, 2.75) is 38.3 Å². The van der Waals surface area contributed by atoms with Gasteiger partial charge in [0.25, 0.3) is 5.91 Å². The summed E-state index contributed by atoms with van der Waals surface area (Å²) in [6.45, 7) is 1.53. The molecule has 0 aliphatic carbocycles. The minimum Gasteiger partial charge on any atom is -0.383 e. The quantitative estimate of drug-likeness (QED) is 0.362. The molecule has 1 saturated heterocycles. The van der Waals surface area contributed by atoms with Crippen LogP contribution in [0.25, 0.3) is 0 Å². The number of pyridine rings is 2. The van der Waals surface area contributed by atoms with Gasteiger partial charge in [0.05, 0.1) is 17.9 Å². The van der Waals surface area contributed by atoms with E-state index in [0.29, 0.717) is 37.7 Å². The van der Waals surface area contributed by atoms with Crippen LogP contribution in [0.5, 0.6) is 0 Å². The third-order valence-electron chi connectivity index (χ3n) is 6.59. The number of amides is 3. The number of hydrogen-bond acceptors (Lipinski definition) is 9. The molecule has 0 saturated carbocycles. The minimum atomic E-state index is -0.883. The van der Waals surface area contributed by atoms with E-state index in [1.54, 1.807) is 13.1 Å². The molecule has 39 heavy (non-hydrogen) atoms. The fourth-order valence-electron chi connectivity index (χ4n) is 4.61. The number of methoxy groups -OCH3 is 1. The number of anilines is 3. The number of nitrogens with one attached hydrogen (secondary N) is 2. The summed E-state index contributed by atoms with van der Waals surface area (Å²) in [6, 6.07) is 2.97. The Labute approximate surface area is 225 Å². The lowest BCUT2D eigenvalue weighted by atomic mass is 10.0. The Balaban J connectivity index is 1.55. The average Bonchev–Trinajstić information content (AvgIpc) is 3.49. The molecule has 2 aliphatic rings. The normalized spacial score (nSPS) is 16.3. The van der Waals surface area contributed by atoms with Crippen molar-refractivity contribution in [3.8, 4) is 6.07 Å². The lowest BCUT2D eigenvalue weighted by Gasteiger charge is -2.30. The number of nitrogens with zero attached hydrogens (tertiary/aromatic N) is 5.